The molecule has 1 aromatic carbocycles. The lowest BCUT2D eigenvalue weighted by Gasteiger charge is -2.34. The van der Waals surface area contributed by atoms with Gasteiger partial charge in [0.05, 0.1) is 17.1 Å². The highest BCUT2D eigenvalue weighted by atomic mass is 32.2. The summed E-state index contributed by atoms with van der Waals surface area (Å²) in [6, 6.07) is 6.42. The monoisotopic (exact) mass is 460 g/mol. The van der Waals surface area contributed by atoms with Gasteiger partial charge in [-0.25, -0.2) is 13.4 Å². The molecule has 0 unspecified atom stereocenters. The highest BCUT2D eigenvalue weighted by Crippen LogP contribution is 2.40. The van der Waals surface area contributed by atoms with E-state index in [0.29, 0.717) is 37.7 Å². The van der Waals surface area contributed by atoms with Crippen LogP contribution in [-0.4, -0.2) is 72.7 Å². The van der Waals surface area contributed by atoms with Crippen molar-refractivity contribution < 1.29 is 13.2 Å². The maximum atomic E-state index is 12.9. The Hall–Kier alpha value is -1.81. The standard InChI is InChI=1S/C22H28N4O3S2/c27-22(18-5-7-19(8-6-18)31(28,29)26-9-1-2-10-26)25-13-11-24(12-14-25)15-21-23-20(16-30-21)17-3-4-17/h5-8,16-17H,1-4,9-15H2. The number of piperazine rings is 1. The fourth-order valence-electron chi connectivity index (χ4n) is 4.29. The lowest BCUT2D eigenvalue weighted by atomic mass is 10.2. The van der Waals surface area contributed by atoms with Crippen LogP contribution >= 0.6 is 11.3 Å². The predicted molar refractivity (Wildman–Crippen MR) is 120 cm³/mol. The first-order chi connectivity index (χ1) is 15.0. The van der Waals surface area contributed by atoms with Crippen molar-refractivity contribution in [2.24, 2.45) is 0 Å². The van der Waals surface area contributed by atoms with Gasteiger partial charge < -0.3 is 4.90 Å². The van der Waals surface area contributed by atoms with E-state index in [9.17, 15) is 13.2 Å². The molecule has 1 saturated carbocycles. The summed E-state index contributed by atoms with van der Waals surface area (Å²) in [4.78, 5) is 22.2. The Labute approximate surface area is 187 Å². The maximum Gasteiger partial charge on any atom is 0.253 e. The van der Waals surface area contributed by atoms with E-state index in [4.69, 9.17) is 4.98 Å². The number of aromatic nitrogens is 1. The number of carbonyl (C=O) groups excluding carboxylic acids is 1. The second-order valence-corrected chi connectivity index (χ2v) is 11.5. The van der Waals surface area contributed by atoms with Gasteiger partial charge in [0.1, 0.15) is 5.01 Å². The molecule has 1 aliphatic carbocycles. The third kappa shape index (κ3) is 4.55. The van der Waals surface area contributed by atoms with Crippen molar-refractivity contribution in [3.05, 3.63) is 45.9 Å². The van der Waals surface area contributed by atoms with Crippen LogP contribution in [0.4, 0.5) is 0 Å². The largest absolute Gasteiger partial charge is 0.336 e. The zero-order chi connectivity index (χ0) is 21.4. The highest BCUT2D eigenvalue weighted by Gasteiger charge is 2.29. The third-order valence-electron chi connectivity index (χ3n) is 6.39. The first-order valence-electron chi connectivity index (χ1n) is 11.1. The van der Waals surface area contributed by atoms with Crippen LogP contribution in [0.15, 0.2) is 34.5 Å². The van der Waals surface area contributed by atoms with Crippen LogP contribution in [0.2, 0.25) is 0 Å². The summed E-state index contributed by atoms with van der Waals surface area (Å²) in [6.07, 6.45) is 4.36. The number of nitrogens with zero attached hydrogens (tertiary/aromatic N) is 4. The van der Waals surface area contributed by atoms with Crippen LogP contribution in [0, 0.1) is 0 Å². The predicted octanol–water partition coefficient (Wildman–Crippen LogP) is 2.76. The van der Waals surface area contributed by atoms with E-state index in [0.717, 1.165) is 37.5 Å². The summed E-state index contributed by atoms with van der Waals surface area (Å²) >= 11 is 1.74. The summed E-state index contributed by atoms with van der Waals surface area (Å²) in [6.45, 7) is 5.01. The average molecular weight is 461 g/mol. The van der Waals surface area contributed by atoms with Crippen molar-refractivity contribution in [2.75, 3.05) is 39.3 Å². The van der Waals surface area contributed by atoms with E-state index in [1.165, 1.54) is 22.8 Å². The molecule has 2 aliphatic heterocycles. The van der Waals surface area contributed by atoms with Crippen molar-refractivity contribution in [1.29, 1.82) is 0 Å². The Morgan fingerprint density at radius 1 is 1.00 bits per heavy atom. The molecule has 0 radical (unpaired) electrons. The third-order valence-corrected chi connectivity index (χ3v) is 9.15. The smallest absolute Gasteiger partial charge is 0.253 e. The molecule has 0 N–H and O–H groups in total. The van der Waals surface area contributed by atoms with Gasteiger partial charge in [-0.3, -0.25) is 9.69 Å². The lowest BCUT2D eigenvalue weighted by Crippen LogP contribution is -2.48. The number of amides is 1. The van der Waals surface area contributed by atoms with Gasteiger partial charge in [-0.1, -0.05) is 0 Å². The molecule has 0 bridgehead atoms. The summed E-state index contributed by atoms with van der Waals surface area (Å²) in [5.41, 5.74) is 1.80. The number of benzene rings is 1. The maximum absolute atomic E-state index is 12.9. The van der Waals surface area contributed by atoms with E-state index >= 15 is 0 Å². The zero-order valence-corrected chi connectivity index (χ0v) is 19.2. The molecule has 166 valence electrons. The molecule has 3 fully saturated rings. The van der Waals surface area contributed by atoms with Gasteiger partial charge in [-0.05, 0) is 49.9 Å². The fraction of sp³-hybridized carbons (Fsp3) is 0.545. The first kappa shape index (κ1) is 21.1. The van der Waals surface area contributed by atoms with E-state index in [1.807, 2.05) is 4.90 Å². The van der Waals surface area contributed by atoms with Gasteiger partial charge in [-0.2, -0.15) is 4.31 Å². The van der Waals surface area contributed by atoms with Gasteiger partial charge in [0, 0.05) is 56.1 Å². The molecule has 7 nitrogen and oxygen atoms in total. The van der Waals surface area contributed by atoms with Crippen molar-refractivity contribution in [3.8, 4) is 0 Å². The van der Waals surface area contributed by atoms with E-state index in [1.54, 1.807) is 35.6 Å². The Bertz CT molecular complexity index is 1030. The van der Waals surface area contributed by atoms with E-state index in [-0.39, 0.29) is 10.8 Å². The Balaban J connectivity index is 1.16. The normalized spacial score (nSPS) is 21.0. The minimum absolute atomic E-state index is 0.0324. The van der Waals surface area contributed by atoms with Crippen molar-refractivity contribution >= 4 is 27.3 Å². The zero-order valence-electron chi connectivity index (χ0n) is 17.6. The van der Waals surface area contributed by atoms with Gasteiger partial charge in [-0.15, -0.1) is 11.3 Å². The van der Waals surface area contributed by atoms with Gasteiger partial charge in [0.15, 0.2) is 0 Å². The molecule has 9 heteroatoms. The number of sulfonamides is 1. The molecule has 5 rings (SSSR count). The van der Waals surface area contributed by atoms with Crippen LogP contribution in [0.3, 0.4) is 0 Å². The molecule has 3 heterocycles. The number of carbonyl (C=O) groups is 1. The van der Waals surface area contributed by atoms with Gasteiger partial charge >= 0.3 is 0 Å². The second kappa shape index (κ2) is 8.61. The van der Waals surface area contributed by atoms with Crippen molar-refractivity contribution in [1.82, 2.24) is 19.1 Å². The number of hydrogen-bond acceptors (Lipinski definition) is 6. The molecule has 1 amide bonds. The average Bonchev–Trinajstić information content (AvgIpc) is 3.27. The Morgan fingerprint density at radius 3 is 2.32 bits per heavy atom. The SMILES string of the molecule is O=C(c1ccc(S(=O)(=O)N2CCCC2)cc1)N1CCN(Cc2nc(C3CC3)cs2)CC1. The van der Waals surface area contributed by atoms with E-state index in [2.05, 4.69) is 10.3 Å². The van der Waals surface area contributed by atoms with Crippen LogP contribution in [0.25, 0.3) is 0 Å². The van der Waals surface area contributed by atoms with E-state index < -0.39 is 10.0 Å². The minimum Gasteiger partial charge on any atom is -0.336 e. The summed E-state index contributed by atoms with van der Waals surface area (Å²) in [5, 5.41) is 3.36. The molecule has 0 spiro atoms. The summed E-state index contributed by atoms with van der Waals surface area (Å²) in [7, 11) is -3.45. The Morgan fingerprint density at radius 2 is 1.68 bits per heavy atom. The number of thiazole rings is 1. The topological polar surface area (TPSA) is 73.8 Å². The van der Waals surface area contributed by atoms with Gasteiger partial charge in [0.2, 0.25) is 10.0 Å². The van der Waals surface area contributed by atoms with Crippen molar-refractivity contribution in [3.63, 3.8) is 0 Å². The molecular formula is C22H28N4O3S2. The molecular weight excluding hydrogens is 432 g/mol. The Kier molecular flexibility index (Phi) is 5.85. The fourth-order valence-corrected chi connectivity index (χ4v) is 6.73. The number of rotatable bonds is 6. The first-order valence-corrected chi connectivity index (χ1v) is 13.4. The van der Waals surface area contributed by atoms with Crippen LogP contribution in [0.1, 0.15) is 52.7 Å². The quantitative estimate of drug-likeness (QED) is 0.663. The van der Waals surface area contributed by atoms with Crippen LogP contribution < -0.4 is 0 Å². The highest BCUT2D eigenvalue weighted by molar-refractivity contribution is 7.89. The molecule has 1 aromatic heterocycles. The van der Waals surface area contributed by atoms with Crippen LogP contribution in [-0.2, 0) is 16.6 Å². The molecule has 0 atom stereocenters. The summed E-state index contributed by atoms with van der Waals surface area (Å²) < 4.78 is 26.9. The molecule has 2 saturated heterocycles. The molecule has 31 heavy (non-hydrogen) atoms. The number of hydrogen-bond donors (Lipinski definition) is 0. The second-order valence-electron chi connectivity index (χ2n) is 8.64. The molecule has 3 aliphatic rings. The van der Waals surface area contributed by atoms with Crippen molar-refractivity contribution in [2.45, 2.75) is 43.0 Å². The minimum atomic E-state index is -3.45. The molecule has 2 aromatic rings. The summed E-state index contributed by atoms with van der Waals surface area (Å²) in [5.74, 6) is 0.659. The van der Waals surface area contributed by atoms with Gasteiger partial charge in [0.25, 0.3) is 5.91 Å². The van der Waals surface area contributed by atoms with Crippen LogP contribution in [0.5, 0.6) is 0 Å². The lowest BCUT2D eigenvalue weighted by molar-refractivity contribution is 0.0628.